The minimum atomic E-state index is -2.39. The molecule has 10 N–H and O–H groups in total. The molecule has 0 saturated carbocycles. The number of ketones is 2. The van der Waals surface area contributed by atoms with E-state index in [1.807, 2.05) is 29.2 Å². The molecule has 2 bridgehead atoms. The highest BCUT2D eigenvalue weighted by atomic mass is 16.7. The Morgan fingerprint density at radius 3 is 2.47 bits per heavy atom. The van der Waals surface area contributed by atoms with E-state index in [0.29, 0.717) is 16.8 Å². The molecular weight excluding hydrogens is 718 g/mol. The van der Waals surface area contributed by atoms with Gasteiger partial charge in [0.25, 0.3) is 0 Å². The van der Waals surface area contributed by atoms with Crippen LogP contribution in [0.2, 0.25) is 0 Å². The van der Waals surface area contributed by atoms with Crippen LogP contribution in [0.15, 0.2) is 54.6 Å². The molecule has 17 nitrogen and oxygen atoms in total. The number of nitrogens with one attached hydrogen (secondary N) is 3. The molecule has 17 heteroatoms. The molecule has 9 atom stereocenters. The Morgan fingerprint density at radius 1 is 0.964 bits per heavy atom. The van der Waals surface area contributed by atoms with Crippen LogP contribution >= 0.6 is 0 Å². The quantitative estimate of drug-likeness (QED) is 0.102. The molecule has 292 valence electrons. The van der Waals surface area contributed by atoms with Gasteiger partial charge in [-0.3, -0.25) is 30.8 Å². The number of rotatable bonds is 7. The van der Waals surface area contributed by atoms with Crippen LogP contribution in [0.1, 0.15) is 61.7 Å². The zero-order chi connectivity index (χ0) is 38.6. The van der Waals surface area contributed by atoms with Crippen LogP contribution in [-0.2, 0) is 14.3 Å². The van der Waals surface area contributed by atoms with Gasteiger partial charge in [-0.15, -0.1) is 0 Å². The number of ether oxygens (including phenoxy) is 4. The number of nitrogens with two attached hydrogens (primary N) is 1. The van der Waals surface area contributed by atoms with Crippen molar-refractivity contribution in [3.8, 4) is 11.5 Å². The number of carbonyl (C=O) groups excluding carboxylic acids is 3. The van der Waals surface area contributed by atoms with Gasteiger partial charge in [-0.2, -0.15) is 0 Å². The summed E-state index contributed by atoms with van der Waals surface area (Å²) in [7, 11) is 0. The van der Waals surface area contributed by atoms with E-state index in [1.54, 1.807) is 24.3 Å². The number of hydrogen-bond acceptors (Lipinski definition) is 16. The highest BCUT2D eigenvalue weighted by Gasteiger charge is 2.57. The molecule has 3 fully saturated rings. The van der Waals surface area contributed by atoms with Crippen molar-refractivity contribution in [3.63, 3.8) is 0 Å². The monoisotopic (exact) mass is 761 g/mol. The fourth-order valence-electron chi connectivity index (χ4n) is 8.34. The fourth-order valence-corrected chi connectivity index (χ4v) is 8.34. The Kier molecular flexibility index (Phi) is 10.1. The van der Waals surface area contributed by atoms with Crippen LogP contribution in [-0.4, -0.2) is 131 Å². The fraction of sp³-hybridized carbons (Fsp3) is 0.447. The standard InChI is InChI=1S/C38H43N5O12/c39-37-41-34-27(35(50)42-37)40-17-43(34)24-8-4-3-5-19(24)18-9-13-52-16-25-30(48)33(49)38(51,10-11-44)36(54-25)55-31-22(18)15-23-26(32(31)53-14-12-45)29(47)21-7-2-1-6-20(21)28(23)46/h1-8,15,18,25,27,30,33-34,36-37,40-41,44-45,48-49,51H,9-14,16-17,39H2,(H,42,50)/t18-,25-,27+,30-,33+,34-,36+,37+,38-/m0/s1. The third-order valence-corrected chi connectivity index (χ3v) is 11.0. The lowest BCUT2D eigenvalue weighted by atomic mass is 9.78. The topological polar surface area (TPSA) is 255 Å². The first kappa shape index (κ1) is 37.4. The lowest BCUT2D eigenvalue weighted by Gasteiger charge is -2.47. The summed E-state index contributed by atoms with van der Waals surface area (Å²) in [5.41, 5.74) is 5.63. The van der Waals surface area contributed by atoms with Crippen molar-refractivity contribution in [1.82, 2.24) is 16.0 Å². The Balaban J connectivity index is 1.37. The Bertz CT molecular complexity index is 2000. The van der Waals surface area contributed by atoms with Crippen LogP contribution in [0.25, 0.3) is 0 Å². The molecule has 5 aliphatic rings. The predicted molar refractivity (Wildman–Crippen MR) is 191 cm³/mol. The van der Waals surface area contributed by atoms with E-state index in [2.05, 4.69) is 16.0 Å². The van der Waals surface area contributed by atoms with E-state index in [1.165, 1.54) is 6.07 Å². The second-order valence-corrected chi connectivity index (χ2v) is 14.2. The van der Waals surface area contributed by atoms with Crippen LogP contribution < -0.4 is 36.1 Å². The summed E-state index contributed by atoms with van der Waals surface area (Å²) in [6.45, 7) is -1.34. The number of hydrogen-bond donors (Lipinski definition) is 9. The van der Waals surface area contributed by atoms with E-state index >= 15 is 0 Å². The maximum Gasteiger partial charge on any atom is 0.242 e. The van der Waals surface area contributed by atoms with Gasteiger partial charge < -0.3 is 54.7 Å². The molecule has 8 rings (SSSR count). The van der Waals surface area contributed by atoms with Crippen LogP contribution in [0.3, 0.4) is 0 Å². The van der Waals surface area contributed by atoms with Crippen molar-refractivity contribution in [2.45, 2.75) is 67.5 Å². The van der Waals surface area contributed by atoms with Gasteiger partial charge in [0.2, 0.25) is 12.2 Å². The number of nitrogens with zero attached hydrogens (tertiary/aromatic N) is 1. The molecule has 55 heavy (non-hydrogen) atoms. The molecule has 3 saturated heterocycles. The van der Waals surface area contributed by atoms with E-state index in [4.69, 9.17) is 24.7 Å². The zero-order valence-corrected chi connectivity index (χ0v) is 29.6. The maximum absolute atomic E-state index is 14.3. The third kappa shape index (κ3) is 6.26. The normalized spacial score (nSPS) is 31.6. The third-order valence-electron chi connectivity index (χ3n) is 11.0. The number of amides is 1. The van der Waals surface area contributed by atoms with Crippen molar-refractivity contribution in [1.29, 1.82) is 0 Å². The first-order valence-electron chi connectivity index (χ1n) is 18.2. The Hall–Kier alpha value is -4.53. The van der Waals surface area contributed by atoms with Crippen molar-refractivity contribution in [2.75, 3.05) is 44.6 Å². The summed E-state index contributed by atoms with van der Waals surface area (Å²) in [6, 6.07) is 14.7. The number of aliphatic hydroxyl groups excluding tert-OH is 4. The molecule has 3 aromatic carbocycles. The van der Waals surface area contributed by atoms with Gasteiger partial charge in [0.1, 0.15) is 43.4 Å². The Morgan fingerprint density at radius 2 is 1.71 bits per heavy atom. The average molecular weight is 762 g/mol. The predicted octanol–water partition coefficient (Wildman–Crippen LogP) is -1.65. The SMILES string of the molecule is N[C@H]1NC(=O)[C@@H]2NCN(c3ccccc3[C@@H]3CCOC[C@@H]4O[C@H](Oc5c3cc3c(c5OCCO)C(=O)c5ccccc5C3=O)[C@](O)(CCO)[C@H](O)[C@H]4O)[C@@H]2N1. The molecule has 0 unspecified atom stereocenters. The van der Waals surface area contributed by atoms with Crippen molar-refractivity contribution in [3.05, 3.63) is 88.0 Å². The van der Waals surface area contributed by atoms with Crippen LogP contribution in [0.4, 0.5) is 5.69 Å². The second-order valence-electron chi connectivity index (χ2n) is 14.2. The molecule has 0 radical (unpaired) electrons. The van der Waals surface area contributed by atoms with Crippen LogP contribution in [0.5, 0.6) is 11.5 Å². The van der Waals surface area contributed by atoms with Crippen LogP contribution in [0, 0.1) is 0 Å². The smallest absolute Gasteiger partial charge is 0.242 e. The maximum atomic E-state index is 14.3. The second kappa shape index (κ2) is 14.8. The van der Waals surface area contributed by atoms with Gasteiger partial charge in [-0.1, -0.05) is 42.5 Å². The van der Waals surface area contributed by atoms with Gasteiger partial charge in [0, 0.05) is 53.5 Å². The summed E-state index contributed by atoms with van der Waals surface area (Å²) in [5.74, 6) is -2.32. The molecule has 0 spiro atoms. The number of benzene rings is 3. The summed E-state index contributed by atoms with van der Waals surface area (Å²) >= 11 is 0. The molecule has 4 aliphatic heterocycles. The summed E-state index contributed by atoms with van der Waals surface area (Å²) < 4.78 is 24.9. The molecule has 4 heterocycles. The van der Waals surface area contributed by atoms with Crippen molar-refractivity contribution >= 4 is 23.2 Å². The number of anilines is 1. The molecule has 0 aromatic heterocycles. The number of aliphatic hydroxyl groups is 5. The van der Waals surface area contributed by atoms with E-state index < -0.39 is 85.8 Å². The minimum Gasteiger partial charge on any atom is -0.486 e. The zero-order valence-electron chi connectivity index (χ0n) is 29.6. The van der Waals surface area contributed by atoms with Gasteiger partial charge >= 0.3 is 0 Å². The number of para-hydroxylation sites is 1. The highest BCUT2D eigenvalue weighted by Crippen LogP contribution is 2.50. The Labute approximate surface area is 314 Å². The summed E-state index contributed by atoms with van der Waals surface area (Å²) in [4.78, 5) is 43.5. The number of fused-ring (bicyclic) bond motifs is 6. The lowest BCUT2D eigenvalue weighted by molar-refractivity contribution is -0.324. The molecule has 1 amide bonds. The summed E-state index contributed by atoms with van der Waals surface area (Å²) in [6.07, 6.45) is -8.09. The van der Waals surface area contributed by atoms with E-state index in [0.717, 1.165) is 0 Å². The highest BCUT2D eigenvalue weighted by molar-refractivity contribution is 6.29. The van der Waals surface area contributed by atoms with Gasteiger partial charge in [0.15, 0.2) is 28.7 Å². The van der Waals surface area contributed by atoms with Gasteiger partial charge in [-0.25, -0.2) is 0 Å². The van der Waals surface area contributed by atoms with Crippen molar-refractivity contribution in [2.24, 2.45) is 5.73 Å². The number of carbonyl (C=O) groups is 3. The minimum absolute atomic E-state index is 0.0141. The summed E-state index contributed by atoms with van der Waals surface area (Å²) in [5, 5.41) is 63.4. The largest absolute Gasteiger partial charge is 0.486 e. The lowest BCUT2D eigenvalue weighted by Crippen LogP contribution is -2.70. The first-order chi connectivity index (χ1) is 26.6. The molecule has 1 aliphatic carbocycles. The van der Waals surface area contributed by atoms with E-state index in [9.17, 15) is 39.9 Å². The van der Waals surface area contributed by atoms with Gasteiger partial charge in [-0.05, 0) is 24.1 Å². The van der Waals surface area contributed by atoms with Crippen molar-refractivity contribution < 1.29 is 58.9 Å². The van der Waals surface area contributed by atoms with Gasteiger partial charge in [0.05, 0.1) is 25.4 Å². The van der Waals surface area contributed by atoms with E-state index in [-0.39, 0.29) is 72.6 Å². The molecule has 3 aromatic rings. The first-order valence-corrected chi connectivity index (χ1v) is 18.2. The average Bonchev–Trinajstić information content (AvgIpc) is 3.60. The molecular formula is C38H43N5O12.